The fourth-order valence-corrected chi connectivity index (χ4v) is 2.48. The largest absolute Gasteiger partial charge is 0.478 e. The van der Waals surface area contributed by atoms with Gasteiger partial charge in [0, 0.05) is 11.1 Å². The highest BCUT2D eigenvalue weighted by Crippen LogP contribution is 2.24. The molecule has 2 rings (SSSR count). The molecule has 2 atom stereocenters. The maximum atomic E-state index is 11.9. The average Bonchev–Trinajstić information content (AvgIpc) is 2.77. The number of amides is 2. The molecule has 7 heteroatoms. The summed E-state index contributed by atoms with van der Waals surface area (Å²) in [6.45, 7) is 2.55. The number of aromatic carboxylic acids is 1. The van der Waals surface area contributed by atoms with Crippen molar-refractivity contribution >= 4 is 33.6 Å². The molecule has 0 bridgehead atoms. The van der Waals surface area contributed by atoms with Gasteiger partial charge in [0.25, 0.3) is 0 Å². The minimum absolute atomic E-state index is 0.00132. The smallest absolute Gasteiger partial charge is 0.335 e. The van der Waals surface area contributed by atoms with Gasteiger partial charge in [0.2, 0.25) is 0 Å². The second kappa shape index (κ2) is 6.23. The second-order valence-corrected chi connectivity index (χ2v) is 5.42. The molecule has 1 aromatic rings. The number of hydrogen-bond donors (Lipinski definition) is 3. The van der Waals surface area contributed by atoms with Crippen LogP contribution in [0, 0.1) is 0 Å². The number of benzene rings is 1. The van der Waals surface area contributed by atoms with Gasteiger partial charge in [0.05, 0.1) is 23.4 Å². The summed E-state index contributed by atoms with van der Waals surface area (Å²) in [5, 5.41) is 14.4. The van der Waals surface area contributed by atoms with Gasteiger partial charge < -0.3 is 20.5 Å². The van der Waals surface area contributed by atoms with E-state index in [2.05, 4.69) is 26.6 Å². The molecule has 0 saturated carbocycles. The normalized spacial score (nSPS) is 21.5. The van der Waals surface area contributed by atoms with Gasteiger partial charge in [-0.15, -0.1) is 0 Å². The molecule has 2 amide bonds. The van der Waals surface area contributed by atoms with Gasteiger partial charge in [-0.25, -0.2) is 9.59 Å². The number of carbonyl (C=O) groups is 2. The maximum Gasteiger partial charge on any atom is 0.335 e. The lowest BCUT2D eigenvalue weighted by atomic mass is 10.1. The Bertz CT molecular complexity index is 535. The van der Waals surface area contributed by atoms with Crippen molar-refractivity contribution in [2.75, 3.05) is 11.9 Å². The monoisotopic (exact) mass is 342 g/mol. The summed E-state index contributed by atoms with van der Waals surface area (Å²) >= 11 is 3.24. The third kappa shape index (κ3) is 3.49. The molecule has 0 aromatic heterocycles. The number of halogens is 1. The number of carboxylic acid groups (broad SMARTS) is 1. The van der Waals surface area contributed by atoms with E-state index in [-0.39, 0.29) is 23.7 Å². The van der Waals surface area contributed by atoms with Gasteiger partial charge >= 0.3 is 12.0 Å². The molecule has 0 aliphatic carbocycles. The van der Waals surface area contributed by atoms with E-state index in [4.69, 9.17) is 9.84 Å². The van der Waals surface area contributed by atoms with Crippen LogP contribution in [0.5, 0.6) is 0 Å². The van der Waals surface area contributed by atoms with E-state index in [1.165, 1.54) is 12.1 Å². The second-order valence-electron chi connectivity index (χ2n) is 4.57. The lowest BCUT2D eigenvalue weighted by molar-refractivity contribution is 0.0697. The Balaban J connectivity index is 1.99. The van der Waals surface area contributed by atoms with Crippen LogP contribution in [-0.2, 0) is 4.74 Å². The van der Waals surface area contributed by atoms with Crippen molar-refractivity contribution in [2.45, 2.75) is 25.5 Å². The molecule has 1 heterocycles. The number of rotatable bonds is 3. The van der Waals surface area contributed by atoms with Crippen LogP contribution in [0.15, 0.2) is 22.7 Å². The molecule has 3 N–H and O–H groups in total. The Morgan fingerprint density at radius 1 is 1.45 bits per heavy atom. The standard InChI is InChI=1S/C13H15BrN2O4/c1-7-10(4-5-20-7)15-13(19)16-11-3-2-8(12(17)18)6-9(11)14/h2-3,6-7,10H,4-5H2,1H3,(H,17,18)(H2,15,16,19). The van der Waals surface area contributed by atoms with Crippen LogP contribution in [0.1, 0.15) is 23.7 Å². The van der Waals surface area contributed by atoms with Crippen molar-refractivity contribution in [3.63, 3.8) is 0 Å². The minimum Gasteiger partial charge on any atom is -0.478 e. The number of carbonyl (C=O) groups excluding carboxylic acids is 1. The van der Waals surface area contributed by atoms with E-state index < -0.39 is 5.97 Å². The molecule has 1 saturated heterocycles. The number of anilines is 1. The fourth-order valence-electron chi connectivity index (χ4n) is 2.00. The SMILES string of the molecule is CC1OCCC1NC(=O)Nc1ccc(C(=O)O)cc1Br. The van der Waals surface area contributed by atoms with Gasteiger partial charge in [0.1, 0.15) is 0 Å². The zero-order valence-electron chi connectivity index (χ0n) is 10.9. The summed E-state index contributed by atoms with van der Waals surface area (Å²) in [4.78, 5) is 22.7. The molecule has 0 radical (unpaired) electrons. The van der Waals surface area contributed by atoms with Gasteiger partial charge in [0.15, 0.2) is 0 Å². The Kier molecular flexibility index (Phi) is 4.61. The number of urea groups is 1. The summed E-state index contributed by atoms with van der Waals surface area (Å²) < 4.78 is 5.88. The average molecular weight is 343 g/mol. The van der Waals surface area contributed by atoms with Crippen LogP contribution in [0.4, 0.5) is 10.5 Å². The summed E-state index contributed by atoms with van der Waals surface area (Å²) in [5.41, 5.74) is 0.666. The van der Waals surface area contributed by atoms with Crippen molar-refractivity contribution in [3.8, 4) is 0 Å². The highest BCUT2D eigenvalue weighted by atomic mass is 79.9. The topological polar surface area (TPSA) is 87.7 Å². The van der Waals surface area contributed by atoms with Crippen molar-refractivity contribution in [2.24, 2.45) is 0 Å². The number of ether oxygens (including phenoxy) is 1. The van der Waals surface area contributed by atoms with Crippen molar-refractivity contribution in [1.82, 2.24) is 5.32 Å². The highest BCUT2D eigenvalue weighted by molar-refractivity contribution is 9.10. The first-order valence-corrected chi connectivity index (χ1v) is 6.98. The van der Waals surface area contributed by atoms with Crippen LogP contribution in [-0.4, -0.2) is 35.9 Å². The fraction of sp³-hybridized carbons (Fsp3) is 0.385. The van der Waals surface area contributed by atoms with Crippen LogP contribution in [0.3, 0.4) is 0 Å². The lowest BCUT2D eigenvalue weighted by Gasteiger charge is -2.17. The first-order chi connectivity index (χ1) is 9.47. The maximum absolute atomic E-state index is 11.9. The quantitative estimate of drug-likeness (QED) is 0.787. The highest BCUT2D eigenvalue weighted by Gasteiger charge is 2.25. The summed E-state index contributed by atoms with van der Waals surface area (Å²) in [7, 11) is 0. The van der Waals surface area contributed by atoms with E-state index in [9.17, 15) is 9.59 Å². The zero-order chi connectivity index (χ0) is 14.7. The molecular weight excluding hydrogens is 328 g/mol. The van der Waals surface area contributed by atoms with E-state index in [0.29, 0.717) is 16.8 Å². The van der Waals surface area contributed by atoms with E-state index in [1.54, 1.807) is 6.07 Å². The molecule has 2 unspecified atom stereocenters. The van der Waals surface area contributed by atoms with Gasteiger partial charge in [-0.2, -0.15) is 0 Å². The Hall–Kier alpha value is -1.60. The summed E-state index contributed by atoms with van der Waals surface area (Å²) in [5.74, 6) is -1.02. The summed E-state index contributed by atoms with van der Waals surface area (Å²) in [6.07, 6.45) is 0.784. The first-order valence-electron chi connectivity index (χ1n) is 6.19. The van der Waals surface area contributed by atoms with Crippen LogP contribution in [0.2, 0.25) is 0 Å². The third-order valence-electron chi connectivity index (χ3n) is 3.16. The predicted molar refractivity (Wildman–Crippen MR) is 77.1 cm³/mol. The number of carboxylic acids is 1. The van der Waals surface area contributed by atoms with Crippen molar-refractivity contribution < 1.29 is 19.4 Å². The van der Waals surface area contributed by atoms with E-state index in [1.807, 2.05) is 6.92 Å². The van der Waals surface area contributed by atoms with Crippen LogP contribution < -0.4 is 10.6 Å². The molecular formula is C13H15BrN2O4. The Morgan fingerprint density at radius 2 is 2.20 bits per heavy atom. The van der Waals surface area contributed by atoms with Crippen molar-refractivity contribution in [1.29, 1.82) is 0 Å². The van der Waals surface area contributed by atoms with Gasteiger partial charge in [-0.05, 0) is 47.5 Å². The van der Waals surface area contributed by atoms with E-state index >= 15 is 0 Å². The molecule has 1 aromatic carbocycles. The molecule has 6 nitrogen and oxygen atoms in total. The first kappa shape index (κ1) is 14.8. The predicted octanol–water partition coefficient (Wildman–Crippen LogP) is 2.45. The molecule has 1 aliphatic rings. The van der Waals surface area contributed by atoms with Crippen LogP contribution in [0.25, 0.3) is 0 Å². The molecule has 20 heavy (non-hydrogen) atoms. The molecule has 1 fully saturated rings. The molecule has 108 valence electrons. The van der Waals surface area contributed by atoms with Crippen molar-refractivity contribution in [3.05, 3.63) is 28.2 Å². The molecule has 0 spiro atoms. The molecule has 1 aliphatic heterocycles. The minimum atomic E-state index is -1.02. The Labute approximate surface area is 124 Å². The third-order valence-corrected chi connectivity index (χ3v) is 3.81. The van der Waals surface area contributed by atoms with E-state index in [0.717, 1.165) is 6.42 Å². The number of nitrogens with one attached hydrogen (secondary N) is 2. The Morgan fingerprint density at radius 3 is 2.75 bits per heavy atom. The summed E-state index contributed by atoms with van der Waals surface area (Å²) in [6, 6.07) is 4.08. The number of hydrogen-bond acceptors (Lipinski definition) is 3. The lowest BCUT2D eigenvalue weighted by Crippen LogP contribution is -2.41. The van der Waals surface area contributed by atoms with Gasteiger partial charge in [-0.1, -0.05) is 0 Å². The zero-order valence-corrected chi connectivity index (χ0v) is 12.4. The van der Waals surface area contributed by atoms with Crippen LogP contribution >= 0.6 is 15.9 Å². The van der Waals surface area contributed by atoms with Gasteiger partial charge in [-0.3, -0.25) is 0 Å².